The molecule has 1 aromatic heterocycles. The van der Waals surface area contributed by atoms with Crippen molar-refractivity contribution < 1.29 is 31.3 Å². The van der Waals surface area contributed by atoms with Crippen LogP contribution in [0.25, 0.3) is 10.8 Å². The van der Waals surface area contributed by atoms with Crippen LogP contribution < -0.4 is 34.9 Å². The molecule has 7 nitrogen and oxygen atoms in total. The third-order valence-corrected chi connectivity index (χ3v) is 13.0. The van der Waals surface area contributed by atoms with Crippen molar-refractivity contribution in [2.45, 2.75) is 84.2 Å². The minimum atomic E-state index is -1.48. The Morgan fingerprint density at radius 2 is 0.974 bits per heavy atom. The number of hydrogen-bond donors (Lipinski definition) is 3. The summed E-state index contributed by atoms with van der Waals surface area (Å²) in [5.41, 5.74) is 5.70. The molecule has 8 aromatic carbocycles. The number of benzene rings is 8. The average Bonchev–Trinajstić information content (AvgIpc) is 1.80. The average molecular weight is 1090 g/mol. The lowest BCUT2D eigenvalue weighted by Crippen LogP contribution is -2.16. The van der Waals surface area contributed by atoms with Crippen molar-refractivity contribution in [3.63, 3.8) is 0 Å². The molecule has 1 heterocycles. The first-order chi connectivity index (χ1) is 41.3. The van der Waals surface area contributed by atoms with Crippen LogP contribution in [0.3, 0.4) is 0 Å². The number of fused-ring (bicyclic) bond motifs is 1. The van der Waals surface area contributed by atoms with Crippen LogP contribution in [-0.2, 0) is 0 Å². The van der Waals surface area contributed by atoms with Gasteiger partial charge in [-0.05, 0) is 144 Å². The summed E-state index contributed by atoms with van der Waals surface area (Å²) in [6.07, 6.45) is 1.17. The van der Waals surface area contributed by atoms with Crippen molar-refractivity contribution in [2.24, 2.45) is 0 Å². The highest BCUT2D eigenvalue weighted by atomic mass is 32.1. The van der Waals surface area contributed by atoms with E-state index >= 15 is 0 Å². The summed E-state index contributed by atoms with van der Waals surface area (Å²) in [6.45, 7) is 8.13. The Kier molecular flexibility index (Phi) is 22.5. The minimum Gasteiger partial charge on any atom is -0.486 e. The van der Waals surface area contributed by atoms with Gasteiger partial charge >= 0.3 is 0 Å². The van der Waals surface area contributed by atoms with Crippen LogP contribution in [-0.4, -0.2) is 40.7 Å². The molecule has 0 bridgehead atoms. The fourth-order valence-electron chi connectivity index (χ4n) is 7.87. The first-order valence-electron chi connectivity index (χ1n) is 30.9. The standard InChI is InChI=1S/C18H18OS.3C17H21NO.H2S/c1-2-7-17(18-12-6-13-20-18)19-16-11-5-9-14-8-3-4-10-15(14)16;3*1-14-8-10-16(11-9-14)19-17(12-13-18-2)15-6-4-3-5-7-15;/h3-6,8-13,17H,2,7H2,1H3;3*3-11,17-18H,12-13H2,1-2H3;1H2/t17-;;;;/m0..../s1/i17D;3D,4D,5D,6D,7D;13D2;4D;. The molecule has 0 saturated carbocycles. The molecule has 0 aliphatic rings. The van der Waals surface area contributed by atoms with Gasteiger partial charge in [0.15, 0.2) is 0 Å². The second kappa shape index (κ2) is 35.5. The third-order valence-electron chi connectivity index (χ3n) is 12.0. The van der Waals surface area contributed by atoms with Crippen molar-refractivity contribution in [3.05, 3.63) is 262 Å². The molecule has 78 heavy (non-hydrogen) atoms. The van der Waals surface area contributed by atoms with E-state index in [0.29, 0.717) is 31.2 Å². The molecule has 3 unspecified atom stereocenters. The molecule has 410 valence electrons. The van der Waals surface area contributed by atoms with Crippen LogP contribution in [0.4, 0.5) is 0 Å². The fourth-order valence-corrected chi connectivity index (χ4v) is 8.61. The van der Waals surface area contributed by atoms with E-state index in [4.69, 9.17) is 31.3 Å². The van der Waals surface area contributed by atoms with Crippen molar-refractivity contribution in [1.82, 2.24) is 16.0 Å². The lowest BCUT2D eigenvalue weighted by Gasteiger charge is -2.19. The molecule has 9 rings (SSSR count). The molecule has 9 aromatic rings. The second-order valence-electron chi connectivity index (χ2n) is 18.2. The zero-order chi connectivity index (χ0) is 62.2. The molecule has 0 amide bonds. The van der Waals surface area contributed by atoms with E-state index in [0.717, 1.165) is 69.0 Å². The maximum atomic E-state index is 8.78. The largest absolute Gasteiger partial charge is 0.486 e. The van der Waals surface area contributed by atoms with Gasteiger partial charge in [0.05, 0.1) is 9.60 Å². The number of thiophene rings is 1. The van der Waals surface area contributed by atoms with Gasteiger partial charge in [-0.1, -0.05) is 200 Å². The molecule has 0 fully saturated rings. The summed E-state index contributed by atoms with van der Waals surface area (Å²) in [5, 5.41) is 13.0. The zero-order valence-corrected chi connectivity index (χ0v) is 47.9. The molecule has 0 aliphatic heterocycles. The van der Waals surface area contributed by atoms with Crippen LogP contribution in [0.1, 0.15) is 114 Å². The molecular weight excluding hydrogens is 999 g/mol. The SMILES string of the molecule is S.[2H]C([2H])(CC(Oc1ccc(C)cc1)c1ccccc1)NC.[2H][C@@](CCC)(Oc1cccc2ccccc12)c1cccs1.[2H]c1c([2H])c([2H])c(C(CCNC)Oc2ccc(C)cc2)c([2H])c1[2H].[2H]c1cccc(C(CCNC)Oc2ccc(C)cc2)c1. The zero-order valence-electron chi connectivity index (χ0n) is 55.1. The summed E-state index contributed by atoms with van der Waals surface area (Å²) < 4.78 is 96.3. The number of rotatable bonds is 23. The van der Waals surface area contributed by atoms with Gasteiger partial charge in [0.2, 0.25) is 0 Å². The van der Waals surface area contributed by atoms with Gasteiger partial charge in [-0.25, -0.2) is 0 Å². The van der Waals surface area contributed by atoms with E-state index in [-0.39, 0.29) is 61.9 Å². The highest BCUT2D eigenvalue weighted by molar-refractivity contribution is 7.59. The van der Waals surface area contributed by atoms with Crippen molar-refractivity contribution in [3.8, 4) is 23.0 Å². The van der Waals surface area contributed by atoms with Crippen molar-refractivity contribution in [1.29, 1.82) is 0 Å². The number of hydrogen-bond acceptors (Lipinski definition) is 8. The monoisotopic (exact) mass is 1090 g/mol. The van der Waals surface area contributed by atoms with E-state index in [9.17, 15) is 0 Å². The van der Waals surface area contributed by atoms with E-state index in [1.165, 1.54) is 11.1 Å². The molecule has 0 aliphatic carbocycles. The first-order valence-corrected chi connectivity index (χ1v) is 27.2. The normalized spacial score (nSPS) is 14.3. The van der Waals surface area contributed by atoms with Crippen LogP contribution in [0.15, 0.2) is 224 Å². The number of aryl methyl sites for hydroxylation is 3. The Balaban J connectivity index is 0.000000211. The molecule has 3 N–H and O–H groups in total. The summed E-state index contributed by atoms with van der Waals surface area (Å²) >= 11 is 1.58. The fraction of sp³-hybridized carbons (Fsp3) is 0.275. The Labute approximate surface area is 490 Å². The predicted octanol–water partition coefficient (Wildman–Crippen LogP) is 17.1. The number of ether oxygens (including phenoxy) is 4. The lowest BCUT2D eigenvalue weighted by molar-refractivity contribution is 0.195. The van der Waals surface area contributed by atoms with E-state index in [2.05, 4.69) is 41.9 Å². The second-order valence-corrected chi connectivity index (χ2v) is 19.1. The van der Waals surface area contributed by atoms with Crippen molar-refractivity contribution in [2.75, 3.05) is 40.7 Å². The molecular formula is C69H83N3O4S2. The Morgan fingerprint density at radius 1 is 0.474 bits per heavy atom. The summed E-state index contributed by atoms with van der Waals surface area (Å²) in [7, 11) is 5.35. The van der Waals surface area contributed by atoms with Crippen LogP contribution in [0, 0.1) is 20.8 Å². The van der Waals surface area contributed by atoms with Crippen molar-refractivity contribution >= 4 is 35.6 Å². The first kappa shape index (κ1) is 49.4. The molecule has 0 saturated heterocycles. The topological polar surface area (TPSA) is 73.0 Å². The highest BCUT2D eigenvalue weighted by Crippen LogP contribution is 2.34. The summed E-state index contributed by atoms with van der Waals surface area (Å²) in [5.74, 6) is 3.01. The van der Waals surface area contributed by atoms with Crippen LogP contribution >= 0.6 is 24.8 Å². The molecule has 9 heteroatoms. The maximum absolute atomic E-state index is 8.78. The third kappa shape index (κ3) is 21.5. The minimum absolute atomic E-state index is 0. The van der Waals surface area contributed by atoms with E-state index < -0.39 is 24.7 Å². The molecule has 0 spiro atoms. The summed E-state index contributed by atoms with van der Waals surface area (Å²) in [6, 6.07) is 57.8. The predicted molar refractivity (Wildman–Crippen MR) is 336 cm³/mol. The van der Waals surface area contributed by atoms with Crippen LogP contribution in [0.5, 0.6) is 23.0 Å². The van der Waals surface area contributed by atoms with Gasteiger partial charge in [-0.15, -0.1) is 11.3 Å². The maximum Gasteiger partial charge on any atom is 0.133 e. The van der Waals surface area contributed by atoms with Gasteiger partial charge < -0.3 is 34.9 Å². The highest BCUT2D eigenvalue weighted by Gasteiger charge is 2.17. The quantitative estimate of drug-likeness (QED) is 0.0589. The molecule has 0 radical (unpaired) electrons. The molecule has 4 atom stereocenters. The smallest absolute Gasteiger partial charge is 0.133 e. The van der Waals surface area contributed by atoms with Gasteiger partial charge in [-0.3, -0.25) is 0 Å². The van der Waals surface area contributed by atoms with Gasteiger partial charge in [0.1, 0.15) is 47.4 Å². The van der Waals surface area contributed by atoms with Gasteiger partial charge in [0, 0.05) is 32.3 Å². The Hall–Kier alpha value is -6.85. The van der Waals surface area contributed by atoms with Crippen LogP contribution in [0.2, 0.25) is 0 Å². The lowest BCUT2D eigenvalue weighted by atomic mass is 10.1. The van der Waals surface area contributed by atoms with Gasteiger partial charge in [-0.2, -0.15) is 13.5 Å². The Morgan fingerprint density at radius 3 is 1.49 bits per heavy atom. The van der Waals surface area contributed by atoms with E-state index in [1.807, 2.05) is 190 Å². The van der Waals surface area contributed by atoms with Gasteiger partial charge in [0.25, 0.3) is 0 Å². The summed E-state index contributed by atoms with van der Waals surface area (Å²) in [4.78, 5) is 0.956. The van der Waals surface area contributed by atoms with E-state index in [1.54, 1.807) is 31.5 Å². The number of nitrogens with one attached hydrogen (secondary N) is 3. The Bertz CT molecular complexity index is 3430.